The summed E-state index contributed by atoms with van der Waals surface area (Å²) in [7, 11) is 0. The minimum atomic E-state index is -1.38. The third kappa shape index (κ3) is 3.02. The number of hydrogen-bond donors (Lipinski definition) is 2. The molecule has 2 nitrogen and oxygen atoms in total. The highest BCUT2D eigenvalue weighted by atomic mass is 16.3. The second-order valence-corrected chi connectivity index (χ2v) is 5.94. The largest absolute Gasteiger partial charge is 0.389 e. The SMILES string of the molecule is CCC(O)C(O)(c1cccc(C)c1)c1cc(C)cc(C)c1. The molecule has 0 radical (unpaired) electrons. The Morgan fingerprint density at radius 3 is 2.00 bits per heavy atom. The lowest BCUT2D eigenvalue weighted by molar-refractivity contribution is -0.0509. The van der Waals surface area contributed by atoms with Crippen molar-refractivity contribution in [2.75, 3.05) is 0 Å². The van der Waals surface area contributed by atoms with Crippen LogP contribution in [0.25, 0.3) is 0 Å². The van der Waals surface area contributed by atoms with Crippen molar-refractivity contribution in [3.05, 3.63) is 70.3 Å². The van der Waals surface area contributed by atoms with Crippen molar-refractivity contribution < 1.29 is 10.2 Å². The van der Waals surface area contributed by atoms with Crippen LogP contribution < -0.4 is 0 Å². The highest BCUT2D eigenvalue weighted by Crippen LogP contribution is 2.35. The monoisotopic (exact) mass is 284 g/mol. The molecule has 0 aliphatic carbocycles. The van der Waals surface area contributed by atoms with E-state index in [4.69, 9.17) is 0 Å². The van der Waals surface area contributed by atoms with E-state index in [-0.39, 0.29) is 0 Å². The Morgan fingerprint density at radius 2 is 1.48 bits per heavy atom. The molecule has 0 aromatic heterocycles. The Labute approximate surface area is 127 Å². The third-order valence-electron chi connectivity index (χ3n) is 3.99. The third-order valence-corrected chi connectivity index (χ3v) is 3.99. The van der Waals surface area contributed by atoms with Gasteiger partial charge in [0.1, 0.15) is 5.60 Å². The van der Waals surface area contributed by atoms with Gasteiger partial charge in [-0.25, -0.2) is 0 Å². The van der Waals surface area contributed by atoms with Gasteiger partial charge in [0.05, 0.1) is 6.10 Å². The summed E-state index contributed by atoms with van der Waals surface area (Å²) >= 11 is 0. The lowest BCUT2D eigenvalue weighted by Gasteiger charge is -2.34. The predicted octanol–water partition coefficient (Wildman–Crippen LogP) is 3.62. The first-order valence-corrected chi connectivity index (χ1v) is 7.44. The molecule has 2 rings (SSSR count). The zero-order valence-corrected chi connectivity index (χ0v) is 13.2. The molecule has 0 saturated heterocycles. The molecule has 2 unspecified atom stereocenters. The number of aliphatic hydroxyl groups is 2. The first-order chi connectivity index (χ1) is 9.87. The second-order valence-electron chi connectivity index (χ2n) is 5.94. The number of benzene rings is 2. The molecule has 0 aliphatic heterocycles. The fraction of sp³-hybridized carbons (Fsp3) is 0.368. The minimum absolute atomic E-state index is 0.484. The minimum Gasteiger partial charge on any atom is -0.389 e. The molecule has 2 atom stereocenters. The summed E-state index contributed by atoms with van der Waals surface area (Å²) < 4.78 is 0. The van der Waals surface area contributed by atoms with Crippen LogP contribution in [-0.4, -0.2) is 16.3 Å². The highest BCUT2D eigenvalue weighted by Gasteiger charge is 2.38. The van der Waals surface area contributed by atoms with Crippen LogP contribution in [0.15, 0.2) is 42.5 Å². The summed E-state index contributed by atoms with van der Waals surface area (Å²) in [6.45, 7) is 7.88. The van der Waals surface area contributed by atoms with Gasteiger partial charge in [0.25, 0.3) is 0 Å². The molecular formula is C19H24O2. The molecule has 2 aromatic rings. The lowest BCUT2D eigenvalue weighted by Crippen LogP contribution is -2.40. The number of aliphatic hydroxyl groups excluding tert-OH is 1. The van der Waals surface area contributed by atoms with E-state index in [1.165, 1.54) is 0 Å². The quantitative estimate of drug-likeness (QED) is 0.900. The maximum absolute atomic E-state index is 11.3. The molecule has 0 saturated carbocycles. The summed E-state index contributed by atoms with van der Waals surface area (Å²) in [6.07, 6.45) is -0.363. The Kier molecular flexibility index (Phi) is 4.50. The van der Waals surface area contributed by atoms with Crippen LogP contribution in [0.3, 0.4) is 0 Å². The molecule has 0 spiro atoms. The van der Waals surface area contributed by atoms with Gasteiger partial charge in [-0.05, 0) is 38.3 Å². The summed E-state index contributed by atoms with van der Waals surface area (Å²) in [4.78, 5) is 0. The van der Waals surface area contributed by atoms with E-state index in [0.717, 1.165) is 27.8 Å². The van der Waals surface area contributed by atoms with Gasteiger partial charge in [-0.3, -0.25) is 0 Å². The molecule has 112 valence electrons. The van der Waals surface area contributed by atoms with Crippen LogP contribution >= 0.6 is 0 Å². The molecule has 0 bridgehead atoms. The van der Waals surface area contributed by atoms with Crippen LogP contribution in [0.2, 0.25) is 0 Å². The molecule has 2 N–H and O–H groups in total. The molecule has 2 aromatic carbocycles. The van der Waals surface area contributed by atoms with Crippen molar-refractivity contribution >= 4 is 0 Å². The van der Waals surface area contributed by atoms with Crippen molar-refractivity contribution in [2.24, 2.45) is 0 Å². The van der Waals surface area contributed by atoms with Crippen LogP contribution in [0.1, 0.15) is 41.2 Å². The van der Waals surface area contributed by atoms with E-state index < -0.39 is 11.7 Å². The van der Waals surface area contributed by atoms with E-state index in [0.29, 0.717) is 6.42 Å². The summed E-state index contributed by atoms with van der Waals surface area (Å²) in [5.74, 6) is 0. The van der Waals surface area contributed by atoms with Crippen LogP contribution in [0.4, 0.5) is 0 Å². The zero-order valence-electron chi connectivity index (χ0n) is 13.2. The normalized spacial score (nSPS) is 15.5. The fourth-order valence-corrected chi connectivity index (χ4v) is 2.92. The zero-order chi connectivity index (χ0) is 15.6. The average Bonchev–Trinajstić information content (AvgIpc) is 2.44. The van der Waals surface area contributed by atoms with E-state index in [9.17, 15) is 10.2 Å². The van der Waals surface area contributed by atoms with E-state index >= 15 is 0 Å². The standard InChI is InChI=1S/C19H24O2/c1-5-18(20)19(21,16-8-6-7-13(2)10-16)17-11-14(3)9-15(4)12-17/h6-12,18,20-21H,5H2,1-4H3. The van der Waals surface area contributed by atoms with Crippen molar-refractivity contribution in [3.63, 3.8) is 0 Å². The topological polar surface area (TPSA) is 40.5 Å². The van der Waals surface area contributed by atoms with Gasteiger partial charge in [0.15, 0.2) is 0 Å². The molecular weight excluding hydrogens is 260 g/mol. The number of rotatable bonds is 4. The Hall–Kier alpha value is -1.64. The van der Waals surface area contributed by atoms with E-state index in [1.807, 2.05) is 64.1 Å². The maximum Gasteiger partial charge on any atom is 0.140 e. The van der Waals surface area contributed by atoms with Gasteiger partial charge in [-0.15, -0.1) is 0 Å². The fourth-order valence-electron chi connectivity index (χ4n) is 2.92. The van der Waals surface area contributed by atoms with Crippen LogP contribution in [0, 0.1) is 20.8 Å². The van der Waals surface area contributed by atoms with Gasteiger partial charge >= 0.3 is 0 Å². The first kappa shape index (κ1) is 15.7. The summed E-state index contributed by atoms with van der Waals surface area (Å²) in [5.41, 5.74) is 3.34. The average molecular weight is 284 g/mol. The first-order valence-electron chi connectivity index (χ1n) is 7.44. The van der Waals surface area contributed by atoms with Gasteiger partial charge in [-0.2, -0.15) is 0 Å². The van der Waals surface area contributed by atoms with Gasteiger partial charge in [0, 0.05) is 0 Å². The molecule has 0 aliphatic rings. The Balaban J connectivity index is 2.67. The van der Waals surface area contributed by atoms with Crippen LogP contribution in [-0.2, 0) is 5.60 Å². The molecule has 21 heavy (non-hydrogen) atoms. The molecule has 0 fully saturated rings. The molecule has 2 heteroatoms. The van der Waals surface area contributed by atoms with Crippen molar-refractivity contribution in [1.82, 2.24) is 0 Å². The molecule has 0 amide bonds. The predicted molar refractivity (Wildman–Crippen MR) is 86.4 cm³/mol. The smallest absolute Gasteiger partial charge is 0.140 e. The Bertz CT molecular complexity index is 613. The lowest BCUT2D eigenvalue weighted by atomic mass is 9.79. The highest BCUT2D eigenvalue weighted by molar-refractivity contribution is 5.42. The van der Waals surface area contributed by atoms with Gasteiger partial charge < -0.3 is 10.2 Å². The van der Waals surface area contributed by atoms with E-state index in [1.54, 1.807) is 0 Å². The van der Waals surface area contributed by atoms with E-state index in [2.05, 4.69) is 6.07 Å². The van der Waals surface area contributed by atoms with Gasteiger partial charge in [-0.1, -0.05) is 66.1 Å². The maximum atomic E-state index is 11.3. The number of aryl methyl sites for hydroxylation is 3. The summed E-state index contributed by atoms with van der Waals surface area (Å²) in [5, 5.41) is 21.9. The van der Waals surface area contributed by atoms with Gasteiger partial charge in [0.2, 0.25) is 0 Å². The van der Waals surface area contributed by atoms with Crippen molar-refractivity contribution in [1.29, 1.82) is 0 Å². The number of hydrogen-bond acceptors (Lipinski definition) is 2. The van der Waals surface area contributed by atoms with Crippen LogP contribution in [0.5, 0.6) is 0 Å². The second kappa shape index (κ2) is 6.00. The summed E-state index contributed by atoms with van der Waals surface area (Å²) in [6, 6.07) is 13.7. The molecule has 0 heterocycles. The van der Waals surface area contributed by atoms with Crippen molar-refractivity contribution in [2.45, 2.75) is 45.8 Å². The Morgan fingerprint density at radius 1 is 0.905 bits per heavy atom. The van der Waals surface area contributed by atoms with Crippen molar-refractivity contribution in [3.8, 4) is 0 Å².